The zero-order chi connectivity index (χ0) is 20.0. The molecule has 1 atom stereocenters. The molecule has 1 fully saturated rings. The van der Waals surface area contributed by atoms with Crippen molar-refractivity contribution < 1.29 is 8.42 Å². The van der Waals surface area contributed by atoms with Crippen LogP contribution in [-0.2, 0) is 16.6 Å². The van der Waals surface area contributed by atoms with Crippen LogP contribution < -0.4 is 20.7 Å². The van der Waals surface area contributed by atoms with Gasteiger partial charge in [0.05, 0.1) is 11.4 Å². The van der Waals surface area contributed by atoms with Crippen LogP contribution in [0.15, 0.2) is 64.5 Å². The van der Waals surface area contributed by atoms with E-state index in [-0.39, 0.29) is 28.9 Å². The second kappa shape index (κ2) is 10.8. The highest BCUT2D eigenvalue weighted by Crippen LogP contribution is 2.19. The normalized spacial score (nSPS) is 17.0. The third-order valence-electron chi connectivity index (χ3n) is 4.67. The first kappa shape index (κ1) is 23.4. The second-order valence-electron chi connectivity index (χ2n) is 6.80. The van der Waals surface area contributed by atoms with Gasteiger partial charge in [-0.3, -0.25) is 0 Å². The molecule has 1 aliphatic rings. The highest BCUT2D eigenvalue weighted by Gasteiger charge is 2.23. The number of hydrogen-bond donors (Lipinski definition) is 3. The Morgan fingerprint density at radius 1 is 1.17 bits per heavy atom. The van der Waals surface area contributed by atoms with Crippen molar-refractivity contribution in [1.29, 1.82) is 0 Å². The molecule has 2 aromatic rings. The lowest BCUT2D eigenvalue weighted by Crippen LogP contribution is -2.44. The molecule has 0 aromatic heterocycles. The maximum absolute atomic E-state index is 11.3. The van der Waals surface area contributed by atoms with E-state index >= 15 is 0 Å². The van der Waals surface area contributed by atoms with E-state index in [4.69, 9.17) is 5.14 Å². The minimum absolute atomic E-state index is 0. The summed E-state index contributed by atoms with van der Waals surface area (Å²) in [6, 6.07) is 17.2. The SMILES string of the molecule is CCNC(=NCc1ccc(S(N)(=O)=O)cc1)NC1CCN(c2ccccc2)C1.I. The monoisotopic (exact) mass is 529 g/mol. The summed E-state index contributed by atoms with van der Waals surface area (Å²) in [5.41, 5.74) is 2.16. The van der Waals surface area contributed by atoms with Crippen molar-refractivity contribution >= 4 is 45.6 Å². The molecule has 4 N–H and O–H groups in total. The van der Waals surface area contributed by atoms with Crippen molar-refractivity contribution in [3.63, 3.8) is 0 Å². The first-order valence-corrected chi connectivity index (χ1v) is 11.0. The molecule has 1 saturated heterocycles. The standard InChI is InChI=1S/C20H27N5O2S.HI/c1-2-22-20(23-14-16-8-10-19(11-9-16)28(21,26)27)24-17-12-13-25(15-17)18-6-4-3-5-7-18;/h3-11,17H,2,12-15H2,1H3,(H2,21,26,27)(H2,22,23,24);1H. The average molecular weight is 529 g/mol. The van der Waals surface area contributed by atoms with E-state index in [1.54, 1.807) is 12.1 Å². The molecule has 7 nitrogen and oxygen atoms in total. The number of guanidine groups is 1. The number of anilines is 1. The fourth-order valence-corrected chi connectivity index (χ4v) is 3.74. The van der Waals surface area contributed by atoms with Crippen LogP contribution in [0, 0.1) is 0 Å². The molecule has 9 heteroatoms. The number of para-hydroxylation sites is 1. The van der Waals surface area contributed by atoms with Gasteiger partial charge in [0, 0.05) is 31.4 Å². The third kappa shape index (κ3) is 6.86. The molecule has 158 valence electrons. The number of hydrogen-bond acceptors (Lipinski definition) is 4. The number of benzene rings is 2. The van der Waals surface area contributed by atoms with Crippen LogP contribution >= 0.6 is 24.0 Å². The minimum atomic E-state index is -3.67. The Kier molecular flexibility index (Phi) is 8.72. The van der Waals surface area contributed by atoms with E-state index in [1.165, 1.54) is 17.8 Å². The zero-order valence-electron chi connectivity index (χ0n) is 16.4. The van der Waals surface area contributed by atoms with Crippen LogP contribution in [0.25, 0.3) is 0 Å². The highest BCUT2D eigenvalue weighted by atomic mass is 127. The Morgan fingerprint density at radius 2 is 1.86 bits per heavy atom. The quantitative estimate of drug-likeness (QED) is 0.303. The Morgan fingerprint density at radius 3 is 2.48 bits per heavy atom. The number of nitrogens with one attached hydrogen (secondary N) is 2. The number of nitrogens with two attached hydrogens (primary N) is 1. The van der Waals surface area contributed by atoms with E-state index in [0.29, 0.717) is 12.6 Å². The van der Waals surface area contributed by atoms with Gasteiger partial charge in [0.1, 0.15) is 0 Å². The van der Waals surface area contributed by atoms with Crippen molar-refractivity contribution in [3.05, 3.63) is 60.2 Å². The summed E-state index contributed by atoms with van der Waals surface area (Å²) in [5, 5.41) is 11.9. The summed E-state index contributed by atoms with van der Waals surface area (Å²) in [5.74, 6) is 0.762. The van der Waals surface area contributed by atoms with Crippen LogP contribution in [0.5, 0.6) is 0 Å². The average Bonchev–Trinajstić information content (AvgIpc) is 3.15. The lowest BCUT2D eigenvalue weighted by Gasteiger charge is -2.20. The summed E-state index contributed by atoms with van der Waals surface area (Å²) in [6.45, 7) is 5.19. The molecule has 3 rings (SSSR count). The lowest BCUT2D eigenvalue weighted by molar-refractivity contribution is 0.597. The largest absolute Gasteiger partial charge is 0.369 e. The van der Waals surface area contributed by atoms with Crippen molar-refractivity contribution in [2.75, 3.05) is 24.5 Å². The first-order valence-electron chi connectivity index (χ1n) is 9.42. The predicted molar refractivity (Wildman–Crippen MR) is 128 cm³/mol. The molecule has 0 amide bonds. The Bertz CT molecular complexity index is 904. The molecule has 29 heavy (non-hydrogen) atoms. The Balaban J connectivity index is 0.00000300. The fraction of sp³-hybridized carbons (Fsp3) is 0.350. The van der Waals surface area contributed by atoms with Gasteiger partial charge in [-0.05, 0) is 43.2 Å². The van der Waals surface area contributed by atoms with Crippen LogP contribution in [0.4, 0.5) is 5.69 Å². The maximum atomic E-state index is 11.3. The molecule has 0 bridgehead atoms. The van der Waals surface area contributed by atoms with Gasteiger partial charge in [-0.15, -0.1) is 24.0 Å². The molecular weight excluding hydrogens is 501 g/mol. The van der Waals surface area contributed by atoms with Gasteiger partial charge in [0.25, 0.3) is 0 Å². The van der Waals surface area contributed by atoms with Gasteiger partial charge in [-0.2, -0.15) is 0 Å². The van der Waals surface area contributed by atoms with E-state index < -0.39 is 10.0 Å². The smallest absolute Gasteiger partial charge is 0.238 e. The Labute approximate surface area is 189 Å². The minimum Gasteiger partial charge on any atom is -0.369 e. The van der Waals surface area contributed by atoms with Gasteiger partial charge in [0.15, 0.2) is 5.96 Å². The van der Waals surface area contributed by atoms with E-state index in [2.05, 4.69) is 44.8 Å². The predicted octanol–water partition coefficient (Wildman–Crippen LogP) is 2.29. The van der Waals surface area contributed by atoms with Gasteiger partial charge < -0.3 is 15.5 Å². The molecule has 1 unspecified atom stereocenters. The number of nitrogens with zero attached hydrogens (tertiary/aromatic N) is 2. The summed E-state index contributed by atoms with van der Waals surface area (Å²) < 4.78 is 22.7. The van der Waals surface area contributed by atoms with Crippen molar-refractivity contribution in [2.45, 2.75) is 30.8 Å². The second-order valence-corrected chi connectivity index (χ2v) is 8.36. The summed E-state index contributed by atoms with van der Waals surface area (Å²) in [6.07, 6.45) is 1.04. The molecule has 2 aromatic carbocycles. The molecule has 0 aliphatic carbocycles. The van der Waals surface area contributed by atoms with E-state index in [0.717, 1.165) is 37.6 Å². The van der Waals surface area contributed by atoms with Gasteiger partial charge in [-0.25, -0.2) is 18.5 Å². The number of primary sulfonamides is 1. The lowest BCUT2D eigenvalue weighted by atomic mass is 10.2. The van der Waals surface area contributed by atoms with Gasteiger partial charge in [0.2, 0.25) is 10.0 Å². The summed E-state index contributed by atoms with van der Waals surface area (Å²) >= 11 is 0. The van der Waals surface area contributed by atoms with Crippen LogP contribution in [0.1, 0.15) is 18.9 Å². The third-order valence-corrected chi connectivity index (χ3v) is 5.60. The number of rotatable bonds is 6. The van der Waals surface area contributed by atoms with Gasteiger partial charge in [-0.1, -0.05) is 30.3 Å². The maximum Gasteiger partial charge on any atom is 0.238 e. The molecule has 1 aliphatic heterocycles. The zero-order valence-corrected chi connectivity index (χ0v) is 19.6. The van der Waals surface area contributed by atoms with E-state index in [9.17, 15) is 8.42 Å². The fourth-order valence-electron chi connectivity index (χ4n) is 3.22. The molecule has 1 heterocycles. The van der Waals surface area contributed by atoms with Gasteiger partial charge >= 0.3 is 0 Å². The van der Waals surface area contributed by atoms with Crippen LogP contribution in [0.2, 0.25) is 0 Å². The van der Waals surface area contributed by atoms with Crippen molar-refractivity contribution in [1.82, 2.24) is 10.6 Å². The van der Waals surface area contributed by atoms with Crippen molar-refractivity contribution in [3.8, 4) is 0 Å². The number of aliphatic imine (C=N–C) groups is 1. The summed E-state index contributed by atoms with van der Waals surface area (Å²) in [7, 11) is -3.67. The summed E-state index contributed by atoms with van der Waals surface area (Å²) in [4.78, 5) is 7.11. The molecule has 0 spiro atoms. The topological polar surface area (TPSA) is 99.8 Å². The molecular formula is C20H28IN5O2S. The van der Waals surface area contributed by atoms with Crippen molar-refractivity contribution in [2.24, 2.45) is 10.1 Å². The number of sulfonamides is 1. The first-order chi connectivity index (χ1) is 13.5. The van der Waals surface area contributed by atoms with Crippen LogP contribution in [0.3, 0.4) is 0 Å². The highest BCUT2D eigenvalue weighted by molar-refractivity contribution is 14.0. The van der Waals surface area contributed by atoms with E-state index in [1.807, 2.05) is 13.0 Å². The Hall–Kier alpha value is -1.85. The molecule has 0 saturated carbocycles. The molecule has 0 radical (unpaired) electrons. The number of halogens is 1. The van der Waals surface area contributed by atoms with Crippen LogP contribution in [-0.4, -0.2) is 40.1 Å².